The van der Waals surface area contributed by atoms with E-state index in [-0.39, 0.29) is 5.91 Å². The predicted octanol–water partition coefficient (Wildman–Crippen LogP) is 1.26. The lowest BCUT2D eigenvalue weighted by Gasteiger charge is -2.11. The number of aryl methyl sites for hydroxylation is 1. The van der Waals surface area contributed by atoms with Gasteiger partial charge in [0.05, 0.1) is 5.56 Å². The zero-order valence-electron chi connectivity index (χ0n) is 10.2. The van der Waals surface area contributed by atoms with Gasteiger partial charge in [0.15, 0.2) is 0 Å². The Balaban J connectivity index is 1.79. The van der Waals surface area contributed by atoms with Crippen LogP contribution in [0.5, 0.6) is 0 Å². The normalized spacial score (nSPS) is 19.2. The highest BCUT2D eigenvalue weighted by molar-refractivity contribution is 5.95. The van der Waals surface area contributed by atoms with Gasteiger partial charge in [0, 0.05) is 24.5 Å². The van der Waals surface area contributed by atoms with E-state index in [0.717, 1.165) is 25.2 Å². The fraction of sp³-hybridized carbons (Fsp3) is 0.538. The Morgan fingerprint density at radius 3 is 3.24 bits per heavy atom. The summed E-state index contributed by atoms with van der Waals surface area (Å²) < 4.78 is 0. The van der Waals surface area contributed by atoms with Crippen molar-refractivity contribution < 1.29 is 4.79 Å². The van der Waals surface area contributed by atoms with E-state index in [1.165, 1.54) is 12.8 Å². The first-order valence-electron chi connectivity index (χ1n) is 6.20. The van der Waals surface area contributed by atoms with Crippen LogP contribution < -0.4 is 10.6 Å². The average Bonchev–Trinajstić information content (AvgIpc) is 2.82. The summed E-state index contributed by atoms with van der Waals surface area (Å²) in [6, 6.07) is 4.18. The van der Waals surface area contributed by atoms with Gasteiger partial charge in [-0.1, -0.05) is 0 Å². The Morgan fingerprint density at radius 2 is 2.53 bits per heavy atom. The molecular formula is C13H19N3O. The SMILES string of the molecule is Cc1ncccc1C(=O)NCC[C@@H]1CCCN1. The molecule has 1 aliphatic heterocycles. The van der Waals surface area contributed by atoms with Crippen LogP contribution in [0.3, 0.4) is 0 Å². The Kier molecular flexibility index (Phi) is 4.09. The van der Waals surface area contributed by atoms with Gasteiger partial charge in [0.2, 0.25) is 0 Å². The third-order valence-corrected chi connectivity index (χ3v) is 3.19. The molecule has 2 heterocycles. The fourth-order valence-electron chi connectivity index (χ4n) is 2.18. The van der Waals surface area contributed by atoms with Gasteiger partial charge in [-0.05, 0) is 44.9 Å². The monoisotopic (exact) mass is 233 g/mol. The lowest BCUT2D eigenvalue weighted by atomic mass is 10.1. The second-order valence-electron chi connectivity index (χ2n) is 4.47. The van der Waals surface area contributed by atoms with Gasteiger partial charge in [-0.2, -0.15) is 0 Å². The van der Waals surface area contributed by atoms with E-state index in [0.29, 0.717) is 11.6 Å². The van der Waals surface area contributed by atoms with Crippen LogP contribution >= 0.6 is 0 Å². The number of aromatic nitrogens is 1. The van der Waals surface area contributed by atoms with Gasteiger partial charge < -0.3 is 10.6 Å². The molecule has 0 bridgehead atoms. The van der Waals surface area contributed by atoms with Crippen LogP contribution in [0.15, 0.2) is 18.3 Å². The van der Waals surface area contributed by atoms with Gasteiger partial charge in [-0.25, -0.2) is 0 Å². The minimum absolute atomic E-state index is 0.0198. The smallest absolute Gasteiger partial charge is 0.253 e. The minimum Gasteiger partial charge on any atom is -0.352 e. The van der Waals surface area contributed by atoms with Crippen molar-refractivity contribution in [1.82, 2.24) is 15.6 Å². The van der Waals surface area contributed by atoms with Crippen molar-refractivity contribution in [2.24, 2.45) is 0 Å². The van der Waals surface area contributed by atoms with Crippen molar-refractivity contribution in [3.63, 3.8) is 0 Å². The molecule has 2 rings (SSSR count). The molecule has 0 radical (unpaired) electrons. The van der Waals surface area contributed by atoms with Crippen molar-refractivity contribution in [3.8, 4) is 0 Å². The molecule has 0 saturated carbocycles. The Hall–Kier alpha value is -1.42. The molecule has 1 fully saturated rings. The summed E-state index contributed by atoms with van der Waals surface area (Å²) in [5, 5.41) is 6.37. The molecule has 1 aliphatic rings. The first-order chi connectivity index (χ1) is 8.27. The number of carbonyl (C=O) groups excluding carboxylic acids is 1. The summed E-state index contributed by atoms with van der Waals surface area (Å²) in [4.78, 5) is 16.0. The Morgan fingerprint density at radius 1 is 1.65 bits per heavy atom. The first-order valence-corrected chi connectivity index (χ1v) is 6.20. The van der Waals surface area contributed by atoms with E-state index >= 15 is 0 Å². The zero-order valence-corrected chi connectivity index (χ0v) is 10.2. The fourth-order valence-corrected chi connectivity index (χ4v) is 2.18. The molecule has 17 heavy (non-hydrogen) atoms. The second-order valence-corrected chi connectivity index (χ2v) is 4.47. The van der Waals surface area contributed by atoms with Crippen molar-refractivity contribution in [2.75, 3.05) is 13.1 Å². The second kappa shape index (κ2) is 5.77. The summed E-state index contributed by atoms with van der Waals surface area (Å²) in [6.45, 7) is 3.69. The number of amides is 1. The van der Waals surface area contributed by atoms with Crippen LogP contribution in [0.2, 0.25) is 0 Å². The maximum absolute atomic E-state index is 11.9. The molecule has 4 heteroatoms. The van der Waals surface area contributed by atoms with Crippen LogP contribution in [-0.2, 0) is 0 Å². The van der Waals surface area contributed by atoms with Crippen molar-refractivity contribution in [2.45, 2.75) is 32.2 Å². The van der Waals surface area contributed by atoms with Crippen molar-refractivity contribution in [1.29, 1.82) is 0 Å². The Labute approximate surface area is 102 Å². The number of nitrogens with one attached hydrogen (secondary N) is 2. The van der Waals surface area contributed by atoms with E-state index in [9.17, 15) is 4.79 Å². The van der Waals surface area contributed by atoms with Crippen LogP contribution in [0, 0.1) is 6.92 Å². The van der Waals surface area contributed by atoms with Crippen LogP contribution in [0.1, 0.15) is 35.3 Å². The molecule has 0 aromatic carbocycles. The third-order valence-electron chi connectivity index (χ3n) is 3.19. The highest BCUT2D eigenvalue weighted by Gasteiger charge is 2.14. The molecule has 1 saturated heterocycles. The predicted molar refractivity (Wildman–Crippen MR) is 66.9 cm³/mol. The largest absolute Gasteiger partial charge is 0.352 e. The van der Waals surface area contributed by atoms with Gasteiger partial charge in [-0.15, -0.1) is 0 Å². The van der Waals surface area contributed by atoms with E-state index in [1.54, 1.807) is 12.3 Å². The summed E-state index contributed by atoms with van der Waals surface area (Å²) in [5.74, 6) is -0.0198. The van der Waals surface area contributed by atoms with Crippen molar-refractivity contribution >= 4 is 5.91 Å². The maximum atomic E-state index is 11.9. The summed E-state index contributed by atoms with van der Waals surface area (Å²) in [6.07, 6.45) is 5.18. The molecule has 92 valence electrons. The number of hydrogen-bond acceptors (Lipinski definition) is 3. The number of carbonyl (C=O) groups is 1. The standard InChI is InChI=1S/C13H19N3O/c1-10-12(5-3-7-14-10)13(17)16-9-6-11-4-2-8-15-11/h3,5,7,11,15H,2,4,6,8-9H2,1H3,(H,16,17)/t11-/m0/s1. The van der Waals surface area contributed by atoms with Crippen LogP contribution in [0.25, 0.3) is 0 Å². The van der Waals surface area contributed by atoms with Crippen molar-refractivity contribution in [3.05, 3.63) is 29.6 Å². The van der Waals surface area contributed by atoms with Crippen LogP contribution in [-0.4, -0.2) is 30.0 Å². The number of nitrogens with zero attached hydrogens (tertiary/aromatic N) is 1. The lowest BCUT2D eigenvalue weighted by molar-refractivity contribution is 0.0951. The molecular weight excluding hydrogens is 214 g/mol. The van der Waals surface area contributed by atoms with Gasteiger partial charge >= 0.3 is 0 Å². The molecule has 0 spiro atoms. The number of rotatable bonds is 4. The zero-order chi connectivity index (χ0) is 12.1. The van der Waals surface area contributed by atoms with E-state index in [1.807, 2.05) is 13.0 Å². The molecule has 1 aromatic heterocycles. The van der Waals surface area contributed by atoms with Gasteiger partial charge in [0.1, 0.15) is 0 Å². The van der Waals surface area contributed by atoms with Crippen LogP contribution in [0.4, 0.5) is 0 Å². The molecule has 1 aromatic rings. The topological polar surface area (TPSA) is 54.0 Å². The quantitative estimate of drug-likeness (QED) is 0.823. The van der Waals surface area contributed by atoms with E-state index in [2.05, 4.69) is 15.6 Å². The molecule has 4 nitrogen and oxygen atoms in total. The maximum Gasteiger partial charge on any atom is 0.253 e. The van der Waals surface area contributed by atoms with Gasteiger partial charge in [-0.3, -0.25) is 9.78 Å². The highest BCUT2D eigenvalue weighted by Crippen LogP contribution is 2.08. The highest BCUT2D eigenvalue weighted by atomic mass is 16.1. The number of hydrogen-bond donors (Lipinski definition) is 2. The average molecular weight is 233 g/mol. The first kappa shape index (κ1) is 12.0. The molecule has 0 aliphatic carbocycles. The molecule has 1 amide bonds. The summed E-state index contributed by atoms with van der Waals surface area (Å²) in [7, 11) is 0. The minimum atomic E-state index is -0.0198. The Bertz CT molecular complexity index is 386. The van der Waals surface area contributed by atoms with E-state index < -0.39 is 0 Å². The summed E-state index contributed by atoms with van der Waals surface area (Å²) in [5.41, 5.74) is 1.45. The third kappa shape index (κ3) is 3.27. The van der Waals surface area contributed by atoms with E-state index in [4.69, 9.17) is 0 Å². The molecule has 2 N–H and O–H groups in total. The number of pyridine rings is 1. The lowest BCUT2D eigenvalue weighted by Crippen LogP contribution is -2.31. The summed E-state index contributed by atoms with van der Waals surface area (Å²) >= 11 is 0. The van der Waals surface area contributed by atoms with Gasteiger partial charge in [0.25, 0.3) is 5.91 Å². The molecule has 0 unspecified atom stereocenters. The molecule has 1 atom stereocenters.